The molecule has 7 aromatic carbocycles. The standard InChI is InChI=1S/C45H30O3/c46-34-22-10-7-19-31(34)37-25-13-1-4-16-28(25)40-43(37)41-29-17-5-2-14-26(29)39(33-21-9-12-24-36(33)48)45(41)42-30-18-6-3-15-27(30)38(44(40)42)32-20-8-11-23-35(32)47/h1-24,37-39,46-48H/t37-,38-,39-/m0/s1. The zero-order chi connectivity index (χ0) is 32.1. The third kappa shape index (κ3) is 3.48. The maximum absolute atomic E-state index is 11.5. The number of hydrogen-bond donors (Lipinski definition) is 3. The van der Waals surface area contributed by atoms with E-state index in [2.05, 4.69) is 72.8 Å². The van der Waals surface area contributed by atoms with Crippen LogP contribution in [0.15, 0.2) is 146 Å². The summed E-state index contributed by atoms with van der Waals surface area (Å²) in [4.78, 5) is 0. The number of rotatable bonds is 3. The minimum atomic E-state index is -0.221. The van der Waals surface area contributed by atoms with E-state index in [0.717, 1.165) is 50.1 Å². The number of fused-ring (bicyclic) bond motifs is 12. The van der Waals surface area contributed by atoms with E-state index >= 15 is 0 Å². The third-order valence-electron chi connectivity index (χ3n) is 10.8. The van der Waals surface area contributed by atoms with Crippen LogP contribution in [0, 0.1) is 0 Å². The largest absolute Gasteiger partial charge is 0.508 e. The average molecular weight is 619 g/mol. The highest BCUT2D eigenvalue weighted by atomic mass is 16.3. The van der Waals surface area contributed by atoms with Gasteiger partial charge in [-0.05, 0) is 85.0 Å². The van der Waals surface area contributed by atoms with Crippen LogP contribution in [0.2, 0.25) is 0 Å². The molecule has 0 spiro atoms. The van der Waals surface area contributed by atoms with Crippen molar-refractivity contribution in [3.05, 3.63) is 196 Å². The molecule has 0 aromatic heterocycles. The molecule has 0 unspecified atom stereocenters. The van der Waals surface area contributed by atoms with Crippen LogP contribution in [0.1, 0.15) is 67.8 Å². The Morgan fingerprint density at radius 2 is 0.500 bits per heavy atom. The smallest absolute Gasteiger partial charge is 0.119 e. The van der Waals surface area contributed by atoms with E-state index in [4.69, 9.17) is 0 Å². The number of aromatic hydroxyl groups is 3. The maximum Gasteiger partial charge on any atom is 0.119 e. The molecule has 0 saturated carbocycles. The molecule has 0 aliphatic heterocycles. The zero-order valence-electron chi connectivity index (χ0n) is 25.9. The zero-order valence-corrected chi connectivity index (χ0v) is 25.9. The quantitative estimate of drug-likeness (QED) is 0.185. The van der Waals surface area contributed by atoms with Gasteiger partial charge in [-0.25, -0.2) is 0 Å². The fourth-order valence-corrected chi connectivity index (χ4v) is 9.11. The predicted octanol–water partition coefficient (Wildman–Crippen LogP) is 10.3. The van der Waals surface area contributed by atoms with Crippen LogP contribution < -0.4 is 0 Å². The third-order valence-corrected chi connectivity index (χ3v) is 10.8. The molecule has 3 heteroatoms. The molecule has 48 heavy (non-hydrogen) atoms. The SMILES string of the molecule is Oc1ccccc1[C@@H]1c2ccccc2-c2c1c1c(c3c2[C@H](c2ccccc2O)c2ccccc2-3)[C@H](c2ccccc2O)c2ccccc2-1. The van der Waals surface area contributed by atoms with Crippen LogP contribution in [-0.2, 0) is 0 Å². The summed E-state index contributed by atoms with van der Waals surface area (Å²) < 4.78 is 0. The van der Waals surface area contributed by atoms with Crippen molar-refractivity contribution in [2.75, 3.05) is 0 Å². The van der Waals surface area contributed by atoms with E-state index < -0.39 is 0 Å². The predicted molar refractivity (Wildman–Crippen MR) is 190 cm³/mol. The van der Waals surface area contributed by atoms with Crippen LogP contribution in [0.25, 0.3) is 33.4 Å². The molecule has 7 aromatic rings. The number of phenols is 3. The highest BCUT2D eigenvalue weighted by Gasteiger charge is 2.48. The molecule has 10 rings (SSSR count). The van der Waals surface area contributed by atoms with Crippen molar-refractivity contribution in [3.8, 4) is 50.6 Å². The van der Waals surface area contributed by atoms with Crippen molar-refractivity contribution in [1.29, 1.82) is 0 Å². The Morgan fingerprint density at radius 1 is 0.271 bits per heavy atom. The van der Waals surface area contributed by atoms with Gasteiger partial charge in [0.15, 0.2) is 0 Å². The van der Waals surface area contributed by atoms with Gasteiger partial charge in [-0.3, -0.25) is 0 Å². The Kier molecular flexibility index (Phi) is 5.63. The number of hydrogen-bond acceptors (Lipinski definition) is 3. The summed E-state index contributed by atoms with van der Waals surface area (Å²) >= 11 is 0. The first-order valence-electron chi connectivity index (χ1n) is 16.5. The lowest BCUT2D eigenvalue weighted by Crippen LogP contribution is -2.08. The average Bonchev–Trinajstić information content (AvgIpc) is 3.75. The van der Waals surface area contributed by atoms with E-state index in [-0.39, 0.29) is 35.0 Å². The monoisotopic (exact) mass is 618 g/mol. The molecule has 0 saturated heterocycles. The second-order valence-corrected chi connectivity index (χ2v) is 13.1. The van der Waals surface area contributed by atoms with Crippen molar-refractivity contribution in [1.82, 2.24) is 0 Å². The van der Waals surface area contributed by atoms with Crippen molar-refractivity contribution < 1.29 is 15.3 Å². The van der Waals surface area contributed by atoms with E-state index in [1.807, 2.05) is 54.6 Å². The van der Waals surface area contributed by atoms with Crippen molar-refractivity contribution >= 4 is 0 Å². The summed E-state index contributed by atoms with van der Waals surface area (Å²) in [6.45, 7) is 0. The Labute approximate surface area is 278 Å². The van der Waals surface area contributed by atoms with E-state index in [1.54, 1.807) is 18.2 Å². The summed E-state index contributed by atoms with van der Waals surface area (Å²) in [6.07, 6.45) is 0. The van der Waals surface area contributed by atoms with Gasteiger partial charge in [0.1, 0.15) is 17.2 Å². The number of phenolic OH excluding ortho intramolecular Hbond substituents is 3. The molecule has 3 atom stereocenters. The first-order valence-corrected chi connectivity index (χ1v) is 16.5. The topological polar surface area (TPSA) is 60.7 Å². The lowest BCUT2D eigenvalue weighted by molar-refractivity contribution is 0.467. The minimum absolute atomic E-state index is 0.221. The second-order valence-electron chi connectivity index (χ2n) is 13.1. The fraction of sp³-hybridized carbons (Fsp3) is 0.0667. The van der Waals surface area contributed by atoms with Crippen molar-refractivity contribution in [2.24, 2.45) is 0 Å². The Morgan fingerprint density at radius 3 is 0.771 bits per heavy atom. The van der Waals surface area contributed by atoms with E-state index in [1.165, 1.54) is 33.4 Å². The molecule has 0 amide bonds. The summed E-state index contributed by atoms with van der Waals surface area (Å²) in [7, 11) is 0. The normalized spacial score (nSPS) is 17.6. The van der Waals surface area contributed by atoms with Gasteiger partial charge in [-0.1, -0.05) is 127 Å². The highest BCUT2D eigenvalue weighted by Crippen LogP contribution is 2.67. The Hall–Kier alpha value is -6.06. The van der Waals surface area contributed by atoms with E-state index in [9.17, 15) is 15.3 Å². The molecule has 0 heterocycles. The van der Waals surface area contributed by atoms with Gasteiger partial charge in [0.25, 0.3) is 0 Å². The van der Waals surface area contributed by atoms with Gasteiger partial charge >= 0.3 is 0 Å². The molecule has 0 radical (unpaired) electrons. The second kappa shape index (κ2) is 9.97. The maximum atomic E-state index is 11.5. The molecule has 3 N–H and O–H groups in total. The minimum Gasteiger partial charge on any atom is -0.508 e. The summed E-state index contributed by atoms with van der Waals surface area (Å²) in [6, 6.07) is 48.9. The van der Waals surface area contributed by atoms with E-state index in [0.29, 0.717) is 0 Å². The van der Waals surface area contributed by atoms with Gasteiger partial charge in [0, 0.05) is 34.4 Å². The lowest BCUT2D eigenvalue weighted by atomic mass is 9.77. The first-order chi connectivity index (χ1) is 23.6. The molecule has 3 aliphatic carbocycles. The Bertz CT molecular complexity index is 2180. The molecule has 228 valence electrons. The highest BCUT2D eigenvalue weighted by molar-refractivity contribution is 6.04. The van der Waals surface area contributed by atoms with Crippen LogP contribution in [0.4, 0.5) is 0 Å². The van der Waals surface area contributed by atoms with Crippen LogP contribution >= 0.6 is 0 Å². The van der Waals surface area contributed by atoms with Crippen LogP contribution in [0.3, 0.4) is 0 Å². The lowest BCUT2D eigenvalue weighted by Gasteiger charge is -2.26. The van der Waals surface area contributed by atoms with Gasteiger partial charge in [0.05, 0.1) is 0 Å². The molecule has 0 bridgehead atoms. The van der Waals surface area contributed by atoms with Crippen molar-refractivity contribution in [3.63, 3.8) is 0 Å². The van der Waals surface area contributed by atoms with Gasteiger partial charge < -0.3 is 15.3 Å². The molecular formula is C45H30O3. The summed E-state index contributed by atoms with van der Waals surface area (Å²) in [5, 5.41) is 34.4. The number of para-hydroxylation sites is 3. The number of benzene rings is 7. The summed E-state index contributed by atoms with van der Waals surface area (Å²) in [5.41, 5.74) is 16.5. The van der Waals surface area contributed by atoms with Gasteiger partial charge in [-0.15, -0.1) is 0 Å². The fourth-order valence-electron chi connectivity index (χ4n) is 9.11. The van der Waals surface area contributed by atoms with Gasteiger partial charge in [0.2, 0.25) is 0 Å². The molecular weight excluding hydrogens is 588 g/mol. The molecule has 0 fully saturated rings. The van der Waals surface area contributed by atoms with Crippen LogP contribution in [-0.4, -0.2) is 15.3 Å². The van der Waals surface area contributed by atoms with Gasteiger partial charge in [-0.2, -0.15) is 0 Å². The molecule has 3 aliphatic rings. The van der Waals surface area contributed by atoms with Crippen molar-refractivity contribution in [2.45, 2.75) is 17.8 Å². The molecule has 3 nitrogen and oxygen atoms in total. The first kappa shape index (κ1) is 27.1. The Balaban J connectivity index is 1.45. The summed E-state index contributed by atoms with van der Waals surface area (Å²) in [5.74, 6) is 0.138. The van der Waals surface area contributed by atoms with Crippen LogP contribution in [0.5, 0.6) is 17.2 Å².